The van der Waals surface area contributed by atoms with Gasteiger partial charge in [-0.25, -0.2) is 0 Å². The van der Waals surface area contributed by atoms with Crippen molar-refractivity contribution < 1.29 is 4.74 Å². The smallest absolute Gasteiger partial charge is 0.0868 e. The number of rotatable bonds is 6. The molecule has 0 amide bonds. The summed E-state index contributed by atoms with van der Waals surface area (Å²) in [6.07, 6.45) is 13.8. The van der Waals surface area contributed by atoms with E-state index in [1.807, 2.05) is 0 Å². The molecule has 0 bridgehead atoms. The summed E-state index contributed by atoms with van der Waals surface area (Å²) in [7, 11) is 0. The molecule has 2 heteroatoms. The number of ether oxygens (including phenoxy) is 1. The molecule has 1 nitrogen and oxygen atoms in total. The molecular formula is C15H21BrO. The van der Waals surface area contributed by atoms with E-state index in [1.54, 1.807) is 0 Å². The molecule has 0 aromatic carbocycles. The van der Waals surface area contributed by atoms with Gasteiger partial charge in [0.15, 0.2) is 0 Å². The van der Waals surface area contributed by atoms with Gasteiger partial charge >= 0.3 is 0 Å². The quantitative estimate of drug-likeness (QED) is 0.407. The molecule has 1 aliphatic rings. The van der Waals surface area contributed by atoms with E-state index >= 15 is 0 Å². The van der Waals surface area contributed by atoms with Crippen molar-refractivity contribution in [2.24, 2.45) is 5.92 Å². The first-order chi connectivity index (χ1) is 8.15. The fourth-order valence-electron chi connectivity index (χ4n) is 2.19. The number of terminal acetylenes is 1. The Labute approximate surface area is 113 Å². The predicted octanol–water partition coefficient (Wildman–Crippen LogP) is 4.09. The van der Waals surface area contributed by atoms with E-state index in [2.05, 4.69) is 47.5 Å². The van der Waals surface area contributed by atoms with Gasteiger partial charge in [0.25, 0.3) is 0 Å². The second-order valence-corrected chi connectivity index (χ2v) is 5.36. The van der Waals surface area contributed by atoms with Crippen molar-refractivity contribution >= 4 is 15.9 Å². The van der Waals surface area contributed by atoms with E-state index in [-0.39, 0.29) is 6.10 Å². The van der Waals surface area contributed by atoms with Crippen LogP contribution in [0.1, 0.15) is 32.6 Å². The Morgan fingerprint density at radius 2 is 2.47 bits per heavy atom. The SMILES string of the molecule is C#CC[C@@H]1C=CC[C@@H](C[C@@H](C)CC(=C)CBr)O1. The van der Waals surface area contributed by atoms with Crippen molar-refractivity contribution in [3.8, 4) is 12.3 Å². The Morgan fingerprint density at radius 1 is 1.71 bits per heavy atom. The third-order valence-electron chi connectivity index (χ3n) is 2.93. The Kier molecular flexibility index (Phi) is 6.62. The molecule has 1 heterocycles. The van der Waals surface area contributed by atoms with E-state index < -0.39 is 0 Å². The molecular weight excluding hydrogens is 276 g/mol. The van der Waals surface area contributed by atoms with Gasteiger partial charge in [-0.15, -0.1) is 12.3 Å². The molecule has 0 saturated heterocycles. The van der Waals surface area contributed by atoms with Gasteiger partial charge in [0.1, 0.15) is 0 Å². The molecule has 0 aromatic heterocycles. The second kappa shape index (κ2) is 7.74. The van der Waals surface area contributed by atoms with Crippen molar-refractivity contribution in [3.63, 3.8) is 0 Å². The fraction of sp³-hybridized carbons (Fsp3) is 0.600. The topological polar surface area (TPSA) is 9.23 Å². The lowest BCUT2D eigenvalue weighted by atomic mass is 9.94. The van der Waals surface area contributed by atoms with E-state index in [9.17, 15) is 0 Å². The van der Waals surface area contributed by atoms with Gasteiger partial charge in [-0.2, -0.15) is 0 Å². The summed E-state index contributed by atoms with van der Waals surface area (Å²) >= 11 is 3.43. The Bertz CT molecular complexity index is 313. The minimum Gasteiger partial charge on any atom is -0.370 e. The van der Waals surface area contributed by atoms with E-state index in [1.165, 1.54) is 5.57 Å². The highest BCUT2D eigenvalue weighted by Crippen LogP contribution is 2.24. The van der Waals surface area contributed by atoms with Crippen LogP contribution in [0.2, 0.25) is 0 Å². The summed E-state index contributed by atoms with van der Waals surface area (Å²) < 4.78 is 5.94. The minimum atomic E-state index is 0.116. The summed E-state index contributed by atoms with van der Waals surface area (Å²) in [6, 6.07) is 0. The maximum atomic E-state index is 5.94. The highest BCUT2D eigenvalue weighted by Gasteiger charge is 2.19. The molecule has 0 fully saturated rings. The molecule has 0 saturated carbocycles. The molecule has 0 aromatic rings. The lowest BCUT2D eigenvalue weighted by molar-refractivity contribution is -0.00322. The van der Waals surface area contributed by atoms with Crippen LogP contribution in [0.3, 0.4) is 0 Å². The standard InChI is InChI=1S/C15H21BrO/c1-4-6-14-7-5-8-15(17-14)10-12(2)9-13(3)11-16/h1,5,7,12,14-15H,3,6,8-11H2,2H3/t12-,14+,15-/m0/s1. The van der Waals surface area contributed by atoms with Crippen LogP contribution in [0.15, 0.2) is 24.3 Å². The normalized spacial score (nSPS) is 25.2. The molecule has 0 radical (unpaired) electrons. The van der Waals surface area contributed by atoms with Crippen molar-refractivity contribution in [2.75, 3.05) is 5.33 Å². The third-order valence-corrected chi connectivity index (χ3v) is 3.72. The van der Waals surface area contributed by atoms with Gasteiger partial charge in [0.05, 0.1) is 12.2 Å². The lowest BCUT2D eigenvalue weighted by Gasteiger charge is -2.27. The van der Waals surface area contributed by atoms with Gasteiger partial charge in [-0.1, -0.05) is 47.2 Å². The predicted molar refractivity (Wildman–Crippen MR) is 77.2 cm³/mol. The van der Waals surface area contributed by atoms with Crippen molar-refractivity contribution in [1.82, 2.24) is 0 Å². The molecule has 94 valence electrons. The van der Waals surface area contributed by atoms with Crippen LogP contribution in [-0.4, -0.2) is 17.5 Å². The number of halogens is 1. The molecule has 17 heavy (non-hydrogen) atoms. The minimum absolute atomic E-state index is 0.116. The van der Waals surface area contributed by atoms with Gasteiger partial charge in [-0.3, -0.25) is 0 Å². The third kappa shape index (κ3) is 5.57. The van der Waals surface area contributed by atoms with Crippen LogP contribution in [0.5, 0.6) is 0 Å². The summed E-state index contributed by atoms with van der Waals surface area (Å²) in [4.78, 5) is 0. The molecule has 3 atom stereocenters. The number of allylic oxidation sites excluding steroid dienone is 1. The van der Waals surface area contributed by atoms with Crippen LogP contribution in [0.4, 0.5) is 0 Å². The van der Waals surface area contributed by atoms with Crippen molar-refractivity contribution in [1.29, 1.82) is 0 Å². The first-order valence-corrected chi connectivity index (χ1v) is 7.26. The summed E-state index contributed by atoms with van der Waals surface area (Å²) in [6.45, 7) is 6.28. The average Bonchev–Trinajstić information content (AvgIpc) is 2.29. The van der Waals surface area contributed by atoms with Gasteiger partial charge in [-0.05, 0) is 25.2 Å². The Balaban J connectivity index is 2.35. The maximum Gasteiger partial charge on any atom is 0.0868 e. The first-order valence-electron chi connectivity index (χ1n) is 6.14. The summed E-state index contributed by atoms with van der Waals surface area (Å²) in [5.74, 6) is 3.27. The van der Waals surface area contributed by atoms with Crippen molar-refractivity contribution in [3.05, 3.63) is 24.3 Å². The first kappa shape index (κ1) is 14.5. The highest BCUT2D eigenvalue weighted by molar-refractivity contribution is 9.09. The zero-order valence-corrected chi connectivity index (χ0v) is 12.1. The van der Waals surface area contributed by atoms with E-state index in [4.69, 9.17) is 11.2 Å². The van der Waals surface area contributed by atoms with Crippen LogP contribution < -0.4 is 0 Å². The van der Waals surface area contributed by atoms with Crippen LogP contribution >= 0.6 is 15.9 Å². The van der Waals surface area contributed by atoms with Gasteiger partial charge < -0.3 is 4.74 Å². The zero-order valence-electron chi connectivity index (χ0n) is 10.5. The average molecular weight is 297 g/mol. The molecule has 1 rings (SSSR count). The van der Waals surface area contributed by atoms with Crippen LogP contribution in [0, 0.1) is 18.3 Å². The number of hydrogen-bond acceptors (Lipinski definition) is 1. The van der Waals surface area contributed by atoms with Crippen LogP contribution in [-0.2, 0) is 4.74 Å². The highest BCUT2D eigenvalue weighted by atomic mass is 79.9. The zero-order chi connectivity index (χ0) is 12.7. The van der Waals surface area contributed by atoms with Gasteiger partial charge in [0.2, 0.25) is 0 Å². The molecule has 0 aliphatic carbocycles. The Morgan fingerprint density at radius 3 is 3.12 bits per heavy atom. The summed E-state index contributed by atoms with van der Waals surface area (Å²) in [5.41, 5.74) is 1.25. The van der Waals surface area contributed by atoms with Crippen molar-refractivity contribution in [2.45, 2.75) is 44.8 Å². The maximum absolute atomic E-state index is 5.94. The Hall–Kier alpha value is -0.520. The fourth-order valence-corrected chi connectivity index (χ4v) is 2.42. The van der Waals surface area contributed by atoms with Crippen LogP contribution in [0.25, 0.3) is 0 Å². The van der Waals surface area contributed by atoms with Gasteiger partial charge in [0, 0.05) is 11.8 Å². The number of hydrogen-bond donors (Lipinski definition) is 0. The largest absolute Gasteiger partial charge is 0.370 e. The van der Waals surface area contributed by atoms with E-state index in [0.29, 0.717) is 18.4 Å². The molecule has 1 aliphatic heterocycles. The lowest BCUT2D eigenvalue weighted by Crippen LogP contribution is -2.25. The molecule has 0 N–H and O–H groups in total. The summed E-state index contributed by atoms with van der Waals surface area (Å²) in [5, 5.41) is 0.891. The van der Waals surface area contributed by atoms with E-state index in [0.717, 1.165) is 24.6 Å². The molecule has 0 unspecified atom stereocenters. The molecule has 0 spiro atoms. The monoisotopic (exact) mass is 296 g/mol. The second-order valence-electron chi connectivity index (χ2n) is 4.80. The number of alkyl halides is 1.